The summed E-state index contributed by atoms with van der Waals surface area (Å²) in [5.41, 5.74) is 0.437. The second-order valence-corrected chi connectivity index (χ2v) is 6.60. The minimum absolute atomic E-state index is 0.127. The molecule has 3 rings (SSSR count). The number of hydrogen-bond donors (Lipinski definition) is 1. The van der Waals surface area contributed by atoms with Crippen LogP contribution in [0.5, 0.6) is 5.75 Å². The fraction of sp³-hybridized carbons (Fsp3) is 0.381. The van der Waals surface area contributed by atoms with Crippen LogP contribution in [0.15, 0.2) is 48.5 Å². The number of amides is 1. The number of halogens is 1. The molecule has 1 aliphatic carbocycles. The molecule has 1 fully saturated rings. The Labute approximate surface area is 148 Å². The Balaban J connectivity index is 1.79. The summed E-state index contributed by atoms with van der Waals surface area (Å²) in [7, 11) is 0. The van der Waals surface area contributed by atoms with Gasteiger partial charge in [-0.3, -0.25) is 4.79 Å². The molecule has 4 heteroatoms. The second kappa shape index (κ2) is 7.68. The predicted octanol–water partition coefficient (Wildman–Crippen LogP) is 5.07. The fourth-order valence-electron chi connectivity index (χ4n) is 3.55. The molecule has 3 nitrogen and oxygen atoms in total. The largest absolute Gasteiger partial charge is 0.494 e. The summed E-state index contributed by atoms with van der Waals surface area (Å²) >= 11 is 0. The minimum Gasteiger partial charge on any atom is -0.494 e. The van der Waals surface area contributed by atoms with Crippen molar-refractivity contribution in [3.63, 3.8) is 0 Å². The Kier molecular flexibility index (Phi) is 5.37. The summed E-state index contributed by atoms with van der Waals surface area (Å²) < 4.78 is 19.9. The van der Waals surface area contributed by atoms with Crippen LogP contribution >= 0.6 is 0 Å². The molecule has 0 unspecified atom stereocenters. The zero-order chi connectivity index (χ0) is 17.7. The van der Waals surface area contributed by atoms with Crippen LogP contribution in [-0.2, 0) is 10.2 Å². The molecule has 132 valence electrons. The molecule has 1 aliphatic rings. The lowest BCUT2D eigenvalue weighted by Crippen LogP contribution is -2.38. The number of carbonyl (C=O) groups excluding carboxylic acids is 1. The molecule has 0 bridgehead atoms. The van der Waals surface area contributed by atoms with Gasteiger partial charge in [-0.05, 0) is 49.6 Å². The maximum absolute atomic E-state index is 14.4. The molecule has 0 aromatic heterocycles. The normalized spacial score (nSPS) is 15.8. The van der Waals surface area contributed by atoms with E-state index in [4.69, 9.17) is 4.74 Å². The lowest BCUT2D eigenvalue weighted by Gasteiger charge is -2.28. The zero-order valence-electron chi connectivity index (χ0n) is 14.6. The van der Waals surface area contributed by atoms with Gasteiger partial charge in [0.05, 0.1) is 12.0 Å². The molecule has 0 saturated heterocycles. The predicted molar refractivity (Wildman–Crippen MR) is 97.4 cm³/mol. The molecular formula is C21H24FNO2. The highest BCUT2D eigenvalue weighted by molar-refractivity contribution is 5.99. The number of hydrogen-bond acceptors (Lipinski definition) is 2. The van der Waals surface area contributed by atoms with Crippen LogP contribution in [0.25, 0.3) is 0 Å². The maximum Gasteiger partial charge on any atom is 0.235 e. The van der Waals surface area contributed by atoms with Crippen molar-refractivity contribution in [3.8, 4) is 5.75 Å². The fourth-order valence-corrected chi connectivity index (χ4v) is 3.55. The van der Waals surface area contributed by atoms with E-state index in [0.717, 1.165) is 25.0 Å². The first-order valence-corrected chi connectivity index (χ1v) is 8.95. The van der Waals surface area contributed by atoms with Crippen molar-refractivity contribution in [1.82, 2.24) is 0 Å². The highest BCUT2D eigenvalue weighted by atomic mass is 19.1. The van der Waals surface area contributed by atoms with Crippen LogP contribution in [-0.4, -0.2) is 12.5 Å². The van der Waals surface area contributed by atoms with Crippen LogP contribution in [0, 0.1) is 5.82 Å². The summed E-state index contributed by atoms with van der Waals surface area (Å²) in [4.78, 5) is 13.0. The third kappa shape index (κ3) is 3.68. The van der Waals surface area contributed by atoms with E-state index in [1.54, 1.807) is 18.2 Å². The lowest BCUT2D eigenvalue weighted by molar-refractivity contribution is -0.121. The Morgan fingerprint density at radius 2 is 1.80 bits per heavy atom. The summed E-state index contributed by atoms with van der Waals surface area (Å²) in [5.74, 6) is 0.352. The number of rotatable bonds is 6. The number of ether oxygens (including phenoxy) is 1. The van der Waals surface area contributed by atoms with Gasteiger partial charge < -0.3 is 10.1 Å². The highest BCUT2D eigenvalue weighted by Gasteiger charge is 2.44. The summed E-state index contributed by atoms with van der Waals surface area (Å²) in [6, 6.07) is 14.0. The average molecular weight is 341 g/mol. The van der Waals surface area contributed by atoms with Crippen molar-refractivity contribution >= 4 is 11.6 Å². The average Bonchev–Trinajstić information content (AvgIpc) is 3.12. The van der Waals surface area contributed by atoms with Gasteiger partial charge >= 0.3 is 0 Å². The standard InChI is InChI=1S/C21H24FNO2/c1-2-15-25-17-11-9-16(10-12-17)23-20(24)21(13-5-6-14-21)18-7-3-4-8-19(18)22/h3-4,7-12H,2,5-6,13-15H2,1H3,(H,23,24). The van der Waals surface area contributed by atoms with Gasteiger partial charge in [-0.2, -0.15) is 0 Å². The van der Waals surface area contributed by atoms with E-state index in [0.29, 0.717) is 30.7 Å². The van der Waals surface area contributed by atoms with Gasteiger partial charge in [0.2, 0.25) is 5.91 Å². The Hall–Kier alpha value is -2.36. The number of carbonyl (C=O) groups is 1. The van der Waals surface area contributed by atoms with Crippen molar-refractivity contribution in [3.05, 3.63) is 59.9 Å². The lowest BCUT2D eigenvalue weighted by atomic mass is 9.77. The van der Waals surface area contributed by atoms with Crippen LogP contribution in [0.3, 0.4) is 0 Å². The topological polar surface area (TPSA) is 38.3 Å². The molecule has 0 aliphatic heterocycles. The molecule has 0 atom stereocenters. The van der Waals surface area contributed by atoms with Gasteiger partial charge in [-0.1, -0.05) is 38.0 Å². The van der Waals surface area contributed by atoms with Crippen molar-refractivity contribution < 1.29 is 13.9 Å². The van der Waals surface area contributed by atoms with Crippen molar-refractivity contribution in [1.29, 1.82) is 0 Å². The van der Waals surface area contributed by atoms with Gasteiger partial charge in [0.25, 0.3) is 0 Å². The molecule has 2 aromatic rings. The second-order valence-electron chi connectivity index (χ2n) is 6.60. The summed E-state index contributed by atoms with van der Waals surface area (Å²) in [6.07, 6.45) is 4.18. The van der Waals surface area contributed by atoms with Crippen LogP contribution in [0.2, 0.25) is 0 Å². The van der Waals surface area contributed by atoms with E-state index in [2.05, 4.69) is 12.2 Å². The Morgan fingerprint density at radius 3 is 2.44 bits per heavy atom. The van der Waals surface area contributed by atoms with E-state index in [1.165, 1.54) is 6.07 Å². The molecule has 0 heterocycles. The molecule has 25 heavy (non-hydrogen) atoms. The first-order valence-electron chi connectivity index (χ1n) is 8.95. The maximum atomic E-state index is 14.4. The molecule has 2 aromatic carbocycles. The summed E-state index contributed by atoms with van der Waals surface area (Å²) in [5, 5.41) is 2.97. The van der Waals surface area contributed by atoms with E-state index in [1.807, 2.05) is 24.3 Å². The third-order valence-corrected chi connectivity index (χ3v) is 4.87. The number of anilines is 1. The first kappa shape index (κ1) is 17.5. The summed E-state index contributed by atoms with van der Waals surface area (Å²) in [6.45, 7) is 2.72. The number of benzene rings is 2. The van der Waals surface area contributed by atoms with Crippen molar-refractivity contribution in [2.45, 2.75) is 44.4 Å². The monoisotopic (exact) mass is 341 g/mol. The van der Waals surface area contributed by atoms with Gasteiger partial charge in [0.15, 0.2) is 0 Å². The van der Waals surface area contributed by atoms with Gasteiger partial charge in [0, 0.05) is 11.3 Å². The molecule has 1 saturated carbocycles. The quantitative estimate of drug-likeness (QED) is 0.797. The van der Waals surface area contributed by atoms with E-state index in [9.17, 15) is 9.18 Å². The minimum atomic E-state index is -0.775. The van der Waals surface area contributed by atoms with Gasteiger partial charge in [0.1, 0.15) is 11.6 Å². The van der Waals surface area contributed by atoms with Crippen LogP contribution in [0.1, 0.15) is 44.6 Å². The van der Waals surface area contributed by atoms with E-state index in [-0.39, 0.29) is 11.7 Å². The zero-order valence-corrected chi connectivity index (χ0v) is 14.6. The molecule has 0 spiro atoms. The molecule has 1 amide bonds. The van der Waals surface area contributed by atoms with Gasteiger partial charge in [-0.25, -0.2) is 4.39 Å². The molecular weight excluding hydrogens is 317 g/mol. The van der Waals surface area contributed by atoms with E-state index < -0.39 is 5.41 Å². The first-order chi connectivity index (χ1) is 12.2. The van der Waals surface area contributed by atoms with Crippen molar-refractivity contribution in [2.75, 3.05) is 11.9 Å². The van der Waals surface area contributed by atoms with Gasteiger partial charge in [-0.15, -0.1) is 0 Å². The SMILES string of the molecule is CCCOc1ccc(NC(=O)C2(c3ccccc3F)CCCC2)cc1. The molecule has 0 radical (unpaired) electrons. The number of nitrogens with one attached hydrogen (secondary N) is 1. The smallest absolute Gasteiger partial charge is 0.235 e. The Morgan fingerprint density at radius 1 is 1.12 bits per heavy atom. The Bertz CT molecular complexity index is 721. The van der Waals surface area contributed by atoms with Crippen LogP contribution in [0.4, 0.5) is 10.1 Å². The van der Waals surface area contributed by atoms with Crippen molar-refractivity contribution in [2.24, 2.45) is 0 Å². The van der Waals surface area contributed by atoms with Crippen LogP contribution < -0.4 is 10.1 Å². The van der Waals surface area contributed by atoms with E-state index >= 15 is 0 Å². The molecule has 1 N–H and O–H groups in total. The third-order valence-electron chi connectivity index (χ3n) is 4.87. The highest BCUT2D eigenvalue weighted by Crippen LogP contribution is 2.43.